The maximum Gasteiger partial charge on any atom is 0.270 e. The maximum atomic E-state index is 13.5. The van der Waals surface area contributed by atoms with Crippen molar-refractivity contribution >= 4 is 46.2 Å². The Balaban J connectivity index is 1.61. The Morgan fingerprint density at radius 2 is 1.77 bits per heavy atom. The number of anilines is 3. The normalized spacial score (nSPS) is 16.2. The van der Waals surface area contributed by atoms with Gasteiger partial charge in [0.05, 0.1) is 45.8 Å². The second kappa shape index (κ2) is 10.9. The van der Waals surface area contributed by atoms with E-state index in [4.69, 9.17) is 16.3 Å². The number of piperazine rings is 1. The number of nitrogens with zero attached hydrogens (tertiary/aromatic N) is 4. The maximum absolute atomic E-state index is 13.5. The third-order valence-electron chi connectivity index (χ3n) is 6.27. The fourth-order valence-electron chi connectivity index (χ4n) is 4.43. The van der Waals surface area contributed by atoms with Gasteiger partial charge in [0.1, 0.15) is 0 Å². The van der Waals surface area contributed by atoms with Crippen LogP contribution < -0.4 is 15.1 Å². The van der Waals surface area contributed by atoms with Gasteiger partial charge in [-0.05, 0) is 18.2 Å². The first-order valence-electron chi connectivity index (χ1n) is 11.6. The van der Waals surface area contributed by atoms with E-state index in [1.54, 1.807) is 24.3 Å². The first-order valence-corrected chi connectivity index (χ1v) is 12.0. The zero-order chi connectivity index (χ0) is 24.9. The van der Waals surface area contributed by atoms with Gasteiger partial charge in [-0.2, -0.15) is 0 Å². The SMILES string of the molecule is CCC(=O)N1CCN(c2c(Cl)cccc2NC(=O)c2cc([N+](=O)[O-])ccc2N2CCOCC2)CC1. The van der Waals surface area contributed by atoms with Gasteiger partial charge in [-0.25, -0.2) is 0 Å². The van der Waals surface area contributed by atoms with E-state index in [0.717, 1.165) is 0 Å². The molecule has 0 bridgehead atoms. The number of ether oxygens (including phenoxy) is 1. The van der Waals surface area contributed by atoms with Crippen LogP contribution in [-0.2, 0) is 9.53 Å². The van der Waals surface area contributed by atoms with Crippen molar-refractivity contribution in [1.29, 1.82) is 0 Å². The molecule has 0 spiro atoms. The monoisotopic (exact) mass is 501 g/mol. The zero-order valence-electron chi connectivity index (χ0n) is 19.5. The molecule has 186 valence electrons. The van der Waals surface area contributed by atoms with Crippen LogP contribution in [0.3, 0.4) is 0 Å². The molecule has 0 atom stereocenters. The number of halogens is 1. The number of nitro benzene ring substituents is 1. The van der Waals surface area contributed by atoms with Gasteiger partial charge in [-0.1, -0.05) is 24.6 Å². The molecule has 0 unspecified atom stereocenters. The van der Waals surface area contributed by atoms with Crippen molar-refractivity contribution in [2.45, 2.75) is 13.3 Å². The van der Waals surface area contributed by atoms with Gasteiger partial charge in [0.25, 0.3) is 11.6 Å². The molecule has 2 saturated heterocycles. The molecule has 0 radical (unpaired) electrons. The van der Waals surface area contributed by atoms with E-state index in [2.05, 4.69) is 5.32 Å². The summed E-state index contributed by atoms with van der Waals surface area (Å²) in [6.45, 7) is 6.33. The van der Waals surface area contributed by atoms with Gasteiger partial charge in [-0.15, -0.1) is 0 Å². The highest BCUT2D eigenvalue weighted by Crippen LogP contribution is 2.36. The summed E-state index contributed by atoms with van der Waals surface area (Å²) in [4.78, 5) is 42.3. The molecule has 2 aliphatic rings. The first kappa shape index (κ1) is 24.7. The summed E-state index contributed by atoms with van der Waals surface area (Å²) in [5.41, 5.74) is 1.86. The van der Waals surface area contributed by atoms with E-state index < -0.39 is 10.8 Å². The van der Waals surface area contributed by atoms with Crippen LogP contribution in [0.5, 0.6) is 0 Å². The van der Waals surface area contributed by atoms with Crippen LogP contribution in [0.2, 0.25) is 5.02 Å². The van der Waals surface area contributed by atoms with Crippen molar-refractivity contribution in [3.05, 3.63) is 57.1 Å². The Bertz CT molecular complexity index is 1110. The molecule has 2 amide bonds. The molecular weight excluding hydrogens is 474 g/mol. The molecular formula is C24H28ClN5O5. The summed E-state index contributed by atoms with van der Waals surface area (Å²) in [7, 11) is 0. The van der Waals surface area contributed by atoms with E-state index in [9.17, 15) is 19.7 Å². The largest absolute Gasteiger partial charge is 0.378 e. The number of carbonyl (C=O) groups excluding carboxylic acids is 2. The lowest BCUT2D eigenvalue weighted by molar-refractivity contribution is -0.384. The summed E-state index contributed by atoms with van der Waals surface area (Å²) in [5, 5.41) is 14.8. The highest BCUT2D eigenvalue weighted by atomic mass is 35.5. The van der Waals surface area contributed by atoms with Crippen molar-refractivity contribution in [2.75, 3.05) is 67.6 Å². The van der Waals surface area contributed by atoms with Crippen LogP contribution in [0.1, 0.15) is 23.7 Å². The lowest BCUT2D eigenvalue weighted by Gasteiger charge is -2.37. The van der Waals surface area contributed by atoms with E-state index in [-0.39, 0.29) is 17.2 Å². The molecule has 2 fully saturated rings. The number of para-hydroxylation sites is 1. The Morgan fingerprint density at radius 3 is 2.43 bits per heavy atom. The molecule has 2 aromatic rings. The molecule has 2 heterocycles. The van der Waals surface area contributed by atoms with Gasteiger partial charge >= 0.3 is 0 Å². The van der Waals surface area contributed by atoms with E-state index in [1.165, 1.54) is 12.1 Å². The molecule has 2 aromatic carbocycles. The van der Waals surface area contributed by atoms with E-state index >= 15 is 0 Å². The number of morpholine rings is 1. The number of rotatable bonds is 6. The molecule has 1 N–H and O–H groups in total. The van der Waals surface area contributed by atoms with Crippen LogP contribution in [0, 0.1) is 10.1 Å². The highest BCUT2D eigenvalue weighted by Gasteiger charge is 2.26. The van der Waals surface area contributed by atoms with Crippen molar-refractivity contribution in [3.63, 3.8) is 0 Å². The molecule has 0 aliphatic carbocycles. The minimum Gasteiger partial charge on any atom is -0.378 e. The molecule has 0 aromatic heterocycles. The summed E-state index contributed by atoms with van der Waals surface area (Å²) in [6.07, 6.45) is 0.460. The van der Waals surface area contributed by atoms with Crippen LogP contribution in [-0.4, -0.2) is 74.1 Å². The molecule has 35 heavy (non-hydrogen) atoms. The molecule has 4 rings (SSSR count). The van der Waals surface area contributed by atoms with Crippen LogP contribution >= 0.6 is 11.6 Å². The van der Waals surface area contributed by atoms with Crippen LogP contribution in [0.25, 0.3) is 0 Å². The third kappa shape index (κ3) is 5.49. The summed E-state index contributed by atoms with van der Waals surface area (Å²) >= 11 is 6.55. The van der Waals surface area contributed by atoms with Gasteiger partial charge in [0.2, 0.25) is 5.91 Å². The number of benzene rings is 2. The Labute approximate surface area is 208 Å². The predicted octanol–water partition coefficient (Wildman–Crippen LogP) is 3.40. The predicted molar refractivity (Wildman–Crippen MR) is 135 cm³/mol. The summed E-state index contributed by atoms with van der Waals surface area (Å²) in [6, 6.07) is 9.58. The topological polar surface area (TPSA) is 108 Å². The first-order chi connectivity index (χ1) is 16.9. The minimum atomic E-state index is -0.512. The number of amides is 2. The quantitative estimate of drug-likeness (QED) is 0.477. The van der Waals surface area contributed by atoms with Crippen molar-refractivity contribution in [1.82, 2.24) is 4.90 Å². The Kier molecular flexibility index (Phi) is 7.72. The number of nitrogens with one attached hydrogen (secondary N) is 1. The molecule has 10 nitrogen and oxygen atoms in total. The number of carbonyl (C=O) groups is 2. The summed E-state index contributed by atoms with van der Waals surface area (Å²) < 4.78 is 5.41. The van der Waals surface area contributed by atoms with Crippen molar-refractivity contribution in [3.8, 4) is 0 Å². The van der Waals surface area contributed by atoms with Gasteiger partial charge < -0.3 is 24.8 Å². The number of nitro groups is 1. The number of non-ortho nitro benzene ring substituents is 1. The van der Waals surface area contributed by atoms with Crippen molar-refractivity contribution < 1.29 is 19.2 Å². The average molecular weight is 502 g/mol. The lowest BCUT2D eigenvalue weighted by atomic mass is 10.1. The van der Waals surface area contributed by atoms with E-state index in [1.807, 2.05) is 21.6 Å². The average Bonchev–Trinajstić information content (AvgIpc) is 2.88. The van der Waals surface area contributed by atoms with Crippen LogP contribution in [0.15, 0.2) is 36.4 Å². The molecule has 11 heteroatoms. The summed E-state index contributed by atoms with van der Waals surface area (Å²) in [5.74, 6) is -0.350. The second-order valence-corrected chi connectivity index (χ2v) is 8.78. The third-order valence-corrected chi connectivity index (χ3v) is 6.58. The fraction of sp³-hybridized carbons (Fsp3) is 0.417. The smallest absolute Gasteiger partial charge is 0.270 e. The highest BCUT2D eigenvalue weighted by molar-refractivity contribution is 6.34. The Hall–Kier alpha value is -3.37. The molecule has 2 aliphatic heterocycles. The second-order valence-electron chi connectivity index (χ2n) is 8.37. The van der Waals surface area contributed by atoms with Gasteiger partial charge in [-0.3, -0.25) is 19.7 Å². The zero-order valence-corrected chi connectivity index (χ0v) is 20.3. The fourth-order valence-corrected chi connectivity index (χ4v) is 4.72. The molecule has 0 saturated carbocycles. The van der Waals surface area contributed by atoms with Gasteiger partial charge in [0, 0.05) is 57.8 Å². The number of hydrogen-bond donors (Lipinski definition) is 1. The standard InChI is InChI=1S/C24H28ClN5O5/c1-2-22(31)28-8-10-29(11-9-28)23-19(25)4-3-5-20(23)26-24(32)18-16-17(30(33)34)6-7-21(18)27-12-14-35-15-13-27/h3-7,16H,2,8-15H2,1H3,(H,26,32). The number of hydrogen-bond acceptors (Lipinski definition) is 7. The lowest BCUT2D eigenvalue weighted by Crippen LogP contribution is -2.48. The minimum absolute atomic E-state index is 0.110. The van der Waals surface area contributed by atoms with Crippen LogP contribution in [0.4, 0.5) is 22.7 Å². The van der Waals surface area contributed by atoms with Gasteiger partial charge in [0.15, 0.2) is 0 Å². The Morgan fingerprint density at radius 1 is 1.06 bits per heavy atom. The van der Waals surface area contributed by atoms with Crippen molar-refractivity contribution in [2.24, 2.45) is 0 Å². The van der Waals surface area contributed by atoms with E-state index in [0.29, 0.717) is 81.0 Å².